The maximum Gasteiger partial charge on any atom is 0.302 e. The average Bonchev–Trinajstić information content (AvgIpc) is 2.31. The monoisotopic (exact) mass is 170 g/mol. The summed E-state index contributed by atoms with van der Waals surface area (Å²) >= 11 is 1.61. The number of hydrogen-bond acceptors (Lipinski definition) is 3. The third kappa shape index (κ3) is 2.35. The number of ether oxygens (including phenoxy) is 1. The molecule has 0 atom stereocenters. The van der Waals surface area contributed by atoms with Crippen molar-refractivity contribution in [3.05, 3.63) is 21.9 Å². The standard InChI is InChI=1S/C8H10O2S/c1-6-3-4-11-8(6)5-10-7(2)9/h3-4H,5H2,1-2H3. The van der Waals surface area contributed by atoms with Gasteiger partial charge in [0.15, 0.2) is 0 Å². The van der Waals surface area contributed by atoms with Crippen LogP contribution in [0.15, 0.2) is 11.4 Å². The maximum atomic E-state index is 10.4. The van der Waals surface area contributed by atoms with Crippen LogP contribution in [0.4, 0.5) is 0 Å². The van der Waals surface area contributed by atoms with Gasteiger partial charge in [-0.1, -0.05) is 0 Å². The highest BCUT2D eigenvalue weighted by molar-refractivity contribution is 7.10. The third-order valence-electron chi connectivity index (χ3n) is 1.37. The van der Waals surface area contributed by atoms with E-state index in [0.717, 1.165) is 4.88 Å². The third-order valence-corrected chi connectivity index (χ3v) is 2.37. The molecule has 0 saturated carbocycles. The molecule has 0 bridgehead atoms. The van der Waals surface area contributed by atoms with Gasteiger partial charge in [0.25, 0.3) is 0 Å². The molecule has 1 aromatic heterocycles. The van der Waals surface area contributed by atoms with E-state index >= 15 is 0 Å². The number of carbonyl (C=O) groups excluding carboxylic acids is 1. The van der Waals surface area contributed by atoms with Crippen LogP contribution in [0.1, 0.15) is 17.4 Å². The lowest BCUT2D eigenvalue weighted by atomic mass is 10.3. The first-order chi connectivity index (χ1) is 5.20. The molecule has 0 aromatic carbocycles. The first-order valence-electron chi connectivity index (χ1n) is 3.36. The second kappa shape index (κ2) is 3.53. The SMILES string of the molecule is CC(=O)OCc1sccc1C. The molecule has 0 aliphatic carbocycles. The van der Waals surface area contributed by atoms with Crippen LogP contribution in [-0.2, 0) is 16.1 Å². The van der Waals surface area contributed by atoms with Crippen molar-refractivity contribution in [2.45, 2.75) is 20.5 Å². The summed E-state index contributed by atoms with van der Waals surface area (Å²) in [5.74, 6) is -0.224. The fraction of sp³-hybridized carbons (Fsp3) is 0.375. The van der Waals surface area contributed by atoms with Gasteiger partial charge in [-0.15, -0.1) is 11.3 Å². The Bertz CT molecular complexity index is 252. The van der Waals surface area contributed by atoms with Gasteiger partial charge in [-0.05, 0) is 23.9 Å². The number of rotatable bonds is 2. The molecule has 11 heavy (non-hydrogen) atoms. The molecular formula is C8H10O2S. The molecular weight excluding hydrogens is 160 g/mol. The molecule has 0 aliphatic rings. The zero-order valence-corrected chi connectivity index (χ0v) is 7.40. The highest BCUT2D eigenvalue weighted by Crippen LogP contribution is 2.16. The van der Waals surface area contributed by atoms with E-state index in [1.54, 1.807) is 11.3 Å². The molecule has 1 aromatic rings. The predicted octanol–water partition coefficient (Wildman–Crippen LogP) is 2.12. The lowest BCUT2D eigenvalue weighted by molar-refractivity contribution is -0.142. The van der Waals surface area contributed by atoms with Crippen LogP contribution in [0.5, 0.6) is 0 Å². The Hall–Kier alpha value is -0.830. The molecule has 0 radical (unpaired) electrons. The number of thiophene rings is 1. The van der Waals surface area contributed by atoms with Crippen molar-refractivity contribution in [2.24, 2.45) is 0 Å². The zero-order valence-electron chi connectivity index (χ0n) is 6.59. The molecule has 0 spiro atoms. The summed E-state index contributed by atoms with van der Waals surface area (Å²) in [6, 6.07) is 2.02. The summed E-state index contributed by atoms with van der Waals surface area (Å²) in [6.45, 7) is 3.84. The summed E-state index contributed by atoms with van der Waals surface area (Å²) in [5.41, 5.74) is 1.19. The van der Waals surface area contributed by atoms with Gasteiger partial charge in [0.05, 0.1) is 0 Å². The largest absolute Gasteiger partial charge is 0.460 e. The van der Waals surface area contributed by atoms with Crippen LogP contribution in [0.3, 0.4) is 0 Å². The Labute approximate surface area is 69.8 Å². The Balaban J connectivity index is 2.51. The highest BCUT2D eigenvalue weighted by atomic mass is 32.1. The van der Waals surface area contributed by atoms with Crippen LogP contribution in [0.25, 0.3) is 0 Å². The second-order valence-corrected chi connectivity index (χ2v) is 3.31. The molecule has 2 nitrogen and oxygen atoms in total. The smallest absolute Gasteiger partial charge is 0.302 e. The normalized spacial score (nSPS) is 9.64. The fourth-order valence-corrected chi connectivity index (χ4v) is 1.54. The Kier molecular flexibility index (Phi) is 2.65. The number of hydrogen-bond donors (Lipinski definition) is 0. The van der Waals surface area contributed by atoms with Crippen molar-refractivity contribution in [1.82, 2.24) is 0 Å². The zero-order chi connectivity index (χ0) is 8.27. The number of esters is 1. The fourth-order valence-electron chi connectivity index (χ4n) is 0.719. The number of aryl methyl sites for hydroxylation is 1. The van der Waals surface area contributed by atoms with E-state index in [-0.39, 0.29) is 5.97 Å². The molecule has 60 valence electrons. The van der Waals surface area contributed by atoms with Gasteiger partial charge >= 0.3 is 5.97 Å². The Morgan fingerprint density at radius 3 is 2.91 bits per heavy atom. The summed E-state index contributed by atoms with van der Waals surface area (Å²) in [6.07, 6.45) is 0. The van der Waals surface area contributed by atoms with Crippen molar-refractivity contribution < 1.29 is 9.53 Å². The maximum absolute atomic E-state index is 10.4. The van der Waals surface area contributed by atoms with E-state index in [9.17, 15) is 4.79 Å². The van der Waals surface area contributed by atoms with Gasteiger partial charge in [0, 0.05) is 11.8 Å². The molecule has 0 unspecified atom stereocenters. The van der Waals surface area contributed by atoms with Crippen LogP contribution in [-0.4, -0.2) is 5.97 Å². The molecule has 0 aliphatic heterocycles. The lowest BCUT2D eigenvalue weighted by Crippen LogP contribution is -1.97. The van der Waals surface area contributed by atoms with E-state index < -0.39 is 0 Å². The minimum absolute atomic E-state index is 0.224. The van der Waals surface area contributed by atoms with Crippen molar-refractivity contribution >= 4 is 17.3 Å². The second-order valence-electron chi connectivity index (χ2n) is 2.31. The van der Waals surface area contributed by atoms with Crippen LogP contribution >= 0.6 is 11.3 Å². The average molecular weight is 170 g/mol. The van der Waals surface area contributed by atoms with Crippen LogP contribution in [0, 0.1) is 6.92 Å². The van der Waals surface area contributed by atoms with Gasteiger partial charge in [0.2, 0.25) is 0 Å². The molecule has 0 amide bonds. The topological polar surface area (TPSA) is 26.3 Å². The van der Waals surface area contributed by atoms with Gasteiger partial charge in [-0.3, -0.25) is 4.79 Å². The summed E-state index contributed by atoms with van der Waals surface area (Å²) in [7, 11) is 0. The van der Waals surface area contributed by atoms with Crippen LogP contribution < -0.4 is 0 Å². The molecule has 1 heterocycles. The van der Waals surface area contributed by atoms with Gasteiger partial charge < -0.3 is 4.74 Å². The minimum Gasteiger partial charge on any atom is -0.460 e. The van der Waals surface area contributed by atoms with Crippen molar-refractivity contribution in [1.29, 1.82) is 0 Å². The molecule has 1 rings (SSSR count). The van der Waals surface area contributed by atoms with E-state index in [2.05, 4.69) is 0 Å². The summed E-state index contributed by atoms with van der Waals surface area (Å²) in [4.78, 5) is 11.6. The minimum atomic E-state index is -0.224. The van der Waals surface area contributed by atoms with E-state index in [0.29, 0.717) is 6.61 Å². The molecule has 0 N–H and O–H groups in total. The van der Waals surface area contributed by atoms with Crippen molar-refractivity contribution in [3.8, 4) is 0 Å². The van der Waals surface area contributed by atoms with E-state index in [4.69, 9.17) is 4.74 Å². The Morgan fingerprint density at radius 1 is 1.73 bits per heavy atom. The Morgan fingerprint density at radius 2 is 2.45 bits per heavy atom. The lowest BCUT2D eigenvalue weighted by Gasteiger charge is -1.99. The first kappa shape index (κ1) is 8.27. The van der Waals surface area contributed by atoms with Crippen LogP contribution in [0.2, 0.25) is 0 Å². The van der Waals surface area contributed by atoms with E-state index in [1.165, 1.54) is 12.5 Å². The van der Waals surface area contributed by atoms with Gasteiger partial charge in [0.1, 0.15) is 6.61 Å². The van der Waals surface area contributed by atoms with Crippen molar-refractivity contribution in [2.75, 3.05) is 0 Å². The molecule has 0 fully saturated rings. The molecule has 3 heteroatoms. The van der Waals surface area contributed by atoms with E-state index in [1.807, 2.05) is 18.4 Å². The summed E-state index contributed by atoms with van der Waals surface area (Å²) < 4.78 is 4.84. The molecule has 0 saturated heterocycles. The quantitative estimate of drug-likeness (QED) is 0.635. The highest BCUT2D eigenvalue weighted by Gasteiger charge is 2.00. The first-order valence-corrected chi connectivity index (χ1v) is 4.24. The predicted molar refractivity (Wildman–Crippen MR) is 44.5 cm³/mol. The summed E-state index contributed by atoms with van der Waals surface area (Å²) in [5, 5.41) is 1.99. The van der Waals surface area contributed by atoms with Crippen molar-refractivity contribution in [3.63, 3.8) is 0 Å². The van der Waals surface area contributed by atoms with Gasteiger partial charge in [-0.2, -0.15) is 0 Å². The number of carbonyl (C=O) groups is 1. The van der Waals surface area contributed by atoms with Gasteiger partial charge in [-0.25, -0.2) is 0 Å².